The molecule has 1 atom stereocenters. The normalized spacial score (nSPS) is 24.0. The first kappa shape index (κ1) is 17.4. The van der Waals surface area contributed by atoms with E-state index in [1.807, 2.05) is 37.3 Å². The van der Waals surface area contributed by atoms with Crippen molar-refractivity contribution in [3.8, 4) is 0 Å². The van der Waals surface area contributed by atoms with Crippen molar-refractivity contribution in [2.24, 2.45) is 5.41 Å². The number of carbonyl (C=O) groups is 1. The number of nitrogens with zero attached hydrogens (tertiary/aromatic N) is 1. The molecule has 1 N–H and O–H groups in total. The lowest BCUT2D eigenvalue weighted by molar-refractivity contribution is -0.118. The molecule has 4 rings (SSSR count). The number of aromatic nitrogens is 1. The Labute approximate surface area is 160 Å². The molecule has 0 amide bonds. The smallest absolute Gasteiger partial charge is 0.162 e. The molecule has 1 aromatic carbocycles. The Morgan fingerprint density at radius 1 is 1.15 bits per heavy atom. The van der Waals surface area contributed by atoms with Crippen LogP contribution in [0.5, 0.6) is 0 Å². The highest BCUT2D eigenvalue weighted by atomic mass is 79.9. The van der Waals surface area contributed by atoms with Gasteiger partial charge in [0, 0.05) is 29.5 Å². The summed E-state index contributed by atoms with van der Waals surface area (Å²) < 4.78 is 15.5. The molecule has 0 bridgehead atoms. The van der Waals surface area contributed by atoms with Gasteiger partial charge in [-0.1, -0.05) is 44.2 Å². The van der Waals surface area contributed by atoms with Crippen LogP contribution in [0.25, 0.3) is 0 Å². The number of hydrogen-bond acceptors (Lipinski definition) is 3. The van der Waals surface area contributed by atoms with Gasteiger partial charge in [-0.15, -0.1) is 0 Å². The lowest BCUT2D eigenvalue weighted by Gasteiger charge is -2.44. The maximum absolute atomic E-state index is 15.2. The Balaban J connectivity index is 2.07. The number of anilines is 1. The maximum atomic E-state index is 15.2. The van der Waals surface area contributed by atoms with Gasteiger partial charge in [0.1, 0.15) is 11.6 Å². The van der Waals surface area contributed by atoms with E-state index in [2.05, 4.69) is 40.1 Å². The molecule has 26 heavy (non-hydrogen) atoms. The van der Waals surface area contributed by atoms with E-state index >= 15 is 4.39 Å². The average Bonchev–Trinajstić information content (AvgIpc) is 2.57. The van der Waals surface area contributed by atoms with Gasteiger partial charge >= 0.3 is 0 Å². The zero-order valence-corrected chi connectivity index (χ0v) is 16.6. The summed E-state index contributed by atoms with van der Waals surface area (Å²) in [5.74, 6) is 0.180. The van der Waals surface area contributed by atoms with Crippen molar-refractivity contribution in [3.63, 3.8) is 0 Å². The molecule has 0 saturated heterocycles. The minimum absolute atomic E-state index is 0.0696. The first-order valence-corrected chi connectivity index (χ1v) is 9.47. The van der Waals surface area contributed by atoms with Gasteiger partial charge in [-0.3, -0.25) is 4.79 Å². The third-order valence-electron chi connectivity index (χ3n) is 5.47. The first-order valence-electron chi connectivity index (χ1n) is 8.68. The molecule has 0 radical (unpaired) electrons. The second-order valence-corrected chi connectivity index (χ2v) is 8.91. The fourth-order valence-electron chi connectivity index (χ4n) is 4.35. The van der Waals surface area contributed by atoms with Crippen LogP contribution in [-0.2, 0) is 10.2 Å². The molecule has 1 aromatic heterocycles. The highest BCUT2D eigenvalue weighted by Gasteiger charge is 2.49. The van der Waals surface area contributed by atoms with Gasteiger partial charge in [-0.2, -0.15) is 0 Å². The summed E-state index contributed by atoms with van der Waals surface area (Å²) in [6.45, 7) is 6.10. The Hall–Kier alpha value is -2.01. The van der Waals surface area contributed by atoms with E-state index in [0.717, 1.165) is 17.7 Å². The van der Waals surface area contributed by atoms with Crippen molar-refractivity contribution in [1.29, 1.82) is 0 Å². The Kier molecular flexibility index (Phi) is 3.85. The van der Waals surface area contributed by atoms with Crippen LogP contribution in [0.15, 0.2) is 52.3 Å². The molecule has 2 aromatic rings. The molecule has 5 heteroatoms. The SMILES string of the molecule is CC1(C)CC(=O)C2=C(C1)Nc1ncc(Br)c(F)c1[C@@]2(C)c1ccccc1. The highest BCUT2D eigenvalue weighted by Crippen LogP contribution is 2.53. The Morgan fingerprint density at radius 3 is 2.54 bits per heavy atom. The van der Waals surface area contributed by atoms with Crippen molar-refractivity contribution in [3.05, 3.63) is 69.2 Å². The first-order chi connectivity index (χ1) is 12.2. The van der Waals surface area contributed by atoms with Gasteiger partial charge in [0.05, 0.1) is 9.89 Å². The van der Waals surface area contributed by atoms with Crippen molar-refractivity contribution < 1.29 is 9.18 Å². The van der Waals surface area contributed by atoms with Gasteiger partial charge < -0.3 is 5.32 Å². The van der Waals surface area contributed by atoms with E-state index in [-0.39, 0.29) is 17.0 Å². The van der Waals surface area contributed by atoms with Crippen LogP contribution in [-0.4, -0.2) is 10.8 Å². The predicted octanol–water partition coefficient (Wildman–Crippen LogP) is 5.36. The summed E-state index contributed by atoms with van der Waals surface area (Å²) >= 11 is 3.25. The van der Waals surface area contributed by atoms with E-state index in [4.69, 9.17) is 0 Å². The summed E-state index contributed by atoms with van der Waals surface area (Å²) in [5, 5.41) is 3.26. The minimum Gasteiger partial charge on any atom is -0.343 e. The van der Waals surface area contributed by atoms with E-state index in [0.29, 0.717) is 27.8 Å². The van der Waals surface area contributed by atoms with Crippen LogP contribution in [0.2, 0.25) is 0 Å². The maximum Gasteiger partial charge on any atom is 0.162 e. The lowest BCUT2D eigenvalue weighted by Crippen LogP contribution is -2.43. The molecule has 0 unspecified atom stereocenters. The van der Waals surface area contributed by atoms with Crippen molar-refractivity contribution in [2.45, 2.75) is 39.0 Å². The molecular formula is C21H20BrFN2O. The number of benzene rings is 1. The number of pyridine rings is 1. The summed E-state index contributed by atoms with van der Waals surface area (Å²) in [6, 6.07) is 9.66. The van der Waals surface area contributed by atoms with Crippen LogP contribution in [0, 0.1) is 11.2 Å². The van der Waals surface area contributed by atoms with Gasteiger partial charge in [0.25, 0.3) is 0 Å². The average molecular weight is 415 g/mol. The molecule has 134 valence electrons. The van der Waals surface area contributed by atoms with Crippen molar-refractivity contribution in [2.75, 3.05) is 5.32 Å². The number of allylic oxidation sites excluding steroid dienone is 2. The zero-order chi connectivity index (χ0) is 18.7. The van der Waals surface area contributed by atoms with Crippen LogP contribution in [0.4, 0.5) is 10.2 Å². The van der Waals surface area contributed by atoms with E-state index in [1.54, 1.807) is 0 Å². The van der Waals surface area contributed by atoms with Crippen LogP contribution >= 0.6 is 15.9 Å². The van der Waals surface area contributed by atoms with Gasteiger partial charge in [-0.05, 0) is 40.3 Å². The number of halogens is 2. The van der Waals surface area contributed by atoms with Crippen molar-refractivity contribution in [1.82, 2.24) is 4.98 Å². The number of fused-ring (bicyclic) bond motifs is 1. The van der Waals surface area contributed by atoms with E-state index in [9.17, 15) is 4.79 Å². The van der Waals surface area contributed by atoms with E-state index < -0.39 is 5.41 Å². The predicted molar refractivity (Wildman–Crippen MR) is 103 cm³/mol. The second-order valence-electron chi connectivity index (χ2n) is 8.05. The topological polar surface area (TPSA) is 42.0 Å². The number of rotatable bonds is 1. The Bertz CT molecular complexity index is 952. The van der Waals surface area contributed by atoms with Gasteiger partial charge in [-0.25, -0.2) is 9.37 Å². The largest absolute Gasteiger partial charge is 0.343 e. The molecule has 1 aliphatic heterocycles. The summed E-state index contributed by atoms with van der Waals surface area (Å²) in [7, 11) is 0. The van der Waals surface area contributed by atoms with Gasteiger partial charge in [0.2, 0.25) is 0 Å². The molecule has 2 aliphatic rings. The molecule has 0 spiro atoms. The van der Waals surface area contributed by atoms with Crippen LogP contribution in [0.3, 0.4) is 0 Å². The molecule has 3 nitrogen and oxygen atoms in total. The minimum atomic E-state index is -0.883. The number of ketones is 1. The highest BCUT2D eigenvalue weighted by molar-refractivity contribution is 9.10. The van der Waals surface area contributed by atoms with Crippen molar-refractivity contribution >= 4 is 27.5 Å². The van der Waals surface area contributed by atoms with E-state index in [1.165, 1.54) is 6.20 Å². The van der Waals surface area contributed by atoms with Crippen LogP contribution in [0.1, 0.15) is 44.7 Å². The number of hydrogen-bond donors (Lipinski definition) is 1. The summed E-state index contributed by atoms with van der Waals surface area (Å²) in [6.07, 6.45) is 2.65. The monoisotopic (exact) mass is 414 g/mol. The third kappa shape index (κ3) is 2.44. The second kappa shape index (κ2) is 5.74. The van der Waals surface area contributed by atoms with Crippen LogP contribution < -0.4 is 5.32 Å². The molecular weight excluding hydrogens is 395 g/mol. The number of carbonyl (C=O) groups excluding carboxylic acids is 1. The molecule has 1 aliphatic carbocycles. The Morgan fingerprint density at radius 2 is 1.85 bits per heavy atom. The molecule has 0 saturated carbocycles. The number of Topliss-reactive ketones (excluding diaryl/α,β-unsaturated/α-hetero) is 1. The lowest BCUT2D eigenvalue weighted by atomic mass is 9.62. The molecule has 0 fully saturated rings. The third-order valence-corrected chi connectivity index (χ3v) is 6.02. The number of nitrogens with one attached hydrogen (secondary N) is 1. The fourth-order valence-corrected chi connectivity index (χ4v) is 4.65. The van der Waals surface area contributed by atoms with Gasteiger partial charge in [0.15, 0.2) is 5.78 Å². The summed E-state index contributed by atoms with van der Waals surface area (Å²) in [4.78, 5) is 17.6. The quantitative estimate of drug-likeness (QED) is 0.682. The summed E-state index contributed by atoms with van der Waals surface area (Å²) in [5.41, 5.74) is 1.82. The fraction of sp³-hybridized carbons (Fsp3) is 0.333. The molecule has 2 heterocycles. The standard InChI is InChI=1S/C21H20BrFN2O/c1-20(2)9-14-16(15(26)10-20)21(3,12-7-5-4-6-8-12)17-18(23)13(22)11-24-19(17)25-14/h4-8,11H,9-10H2,1-3H3,(H,24,25)/t21-/m0/s1. The zero-order valence-electron chi connectivity index (χ0n) is 15.0.